The molecule has 1 heterocycles. The number of carbonyl (C=O) groups is 1. The van der Waals surface area contributed by atoms with Gasteiger partial charge in [0, 0.05) is 12.5 Å². The first kappa shape index (κ1) is 13.0. The molecule has 3 nitrogen and oxygen atoms in total. The van der Waals surface area contributed by atoms with Gasteiger partial charge in [0.25, 0.3) is 0 Å². The Balaban J connectivity index is 2.78. The van der Waals surface area contributed by atoms with Gasteiger partial charge in [0.15, 0.2) is 5.78 Å². The predicted octanol–water partition coefficient (Wildman–Crippen LogP) is 3.24. The van der Waals surface area contributed by atoms with Crippen LogP contribution in [0.4, 0.5) is 10.7 Å². The van der Waals surface area contributed by atoms with Crippen LogP contribution in [0.2, 0.25) is 0 Å². The fourth-order valence-corrected chi connectivity index (χ4v) is 2.33. The predicted molar refractivity (Wildman–Crippen MR) is 71.2 cm³/mol. The largest absolute Gasteiger partial charge is 0.397 e. The van der Waals surface area contributed by atoms with E-state index in [1.54, 1.807) is 0 Å². The van der Waals surface area contributed by atoms with Crippen molar-refractivity contribution in [2.75, 3.05) is 17.6 Å². The van der Waals surface area contributed by atoms with E-state index in [-0.39, 0.29) is 11.7 Å². The van der Waals surface area contributed by atoms with E-state index in [9.17, 15) is 4.79 Å². The van der Waals surface area contributed by atoms with E-state index in [0.717, 1.165) is 11.5 Å². The molecule has 1 aromatic rings. The molecule has 0 amide bonds. The number of rotatable bonds is 5. The van der Waals surface area contributed by atoms with Crippen LogP contribution in [0.3, 0.4) is 0 Å². The number of carbonyl (C=O) groups excluding carboxylic acids is 1. The molecule has 0 aliphatic heterocycles. The Bertz CT molecular complexity index is 369. The van der Waals surface area contributed by atoms with Gasteiger partial charge in [-0.05, 0) is 12.0 Å². The van der Waals surface area contributed by atoms with Crippen molar-refractivity contribution in [3.63, 3.8) is 0 Å². The van der Waals surface area contributed by atoms with Gasteiger partial charge >= 0.3 is 0 Å². The van der Waals surface area contributed by atoms with Crippen LogP contribution in [0.5, 0.6) is 0 Å². The third-order valence-corrected chi connectivity index (χ3v) is 3.32. The molecular formula is C12H20N2OS. The van der Waals surface area contributed by atoms with Crippen LogP contribution in [-0.2, 0) is 0 Å². The second kappa shape index (κ2) is 5.34. The fraction of sp³-hybridized carbons (Fsp3) is 0.583. The number of hydrogen-bond donors (Lipinski definition) is 2. The molecule has 1 rings (SSSR count). The van der Waals surface area contributed by atoms with Gasteiger partial charge in [-0.2, -0.15) is 0 Å². The van der Waals surface area contributed by atoms with Gasteiger partial charge < -0.3 is 11.1 Å². The molecule has 16 heavy (non-hydrogen) atoms. The molecule has 0 saturated heterocycles. The molecule has 0 atom stereocenters. The van der Waals surface area contributed by atoms with E-state index >= 15 is 0 Å². The summed E-state index contributed by atoms with van der Waals surface area (Å²) < 4.78 is 0. The van der Waals surface area contributed by atoms with E-state index < -0.39 is 0 Å². The molecule has 0 spiro atoms. The number of Topliss-reactive ketones (excluding diaryl/α,β-unsaturated/α-hetero) is 1. The van der Waals surface area contributed by atoms with Crippen molar-refractivity contribution >= 4 is 27.8 Å². The molecule has 4 heteroatoms. The molecule has 0 aromatic carbocycles. The molecule has 0 saturated carbocycles. The van der Waals surface area contributed by atoms with E-state index in [1.807, 2.05) is 19.9 Å². The SMILES string of the molecule is CC(C)CNc1cc(N)c(C(=O)C(C)C)s1. The minimum atomic E-state index is -0.00102. The van der Waals surface area contributed by atoms with Crippen molar-refractivity contribution in [2.45, 2.75) is 27.7 Å². The van der Waals surface area contributed by atoms with Crippen molar-refractivity contribution in [1.29, 1.82) is 0 Å². The van der Waals surface area contributed by atoms with Crippen LogP contribution < -0.4 is 11.1 Å². The average Bonchev–Trinajstić information content (AvgIpc) is 2.55. The van der Waals surface area contributed by atoms with Crippen LogP contribution in [-0.4, -0.2) is 12.3 Å². The van der Waals surface area contributed by atoms with Gasteiger partial charge in [-0.3, -0.25) is 4.79 Å². The summed E-state index contributed by atoms with van der Waals surface area (Å²) in [5, 5.41) is 4.27. The number of thiophene rings is 1. The van der Waals surface area contributed by atoms with Crippen LogP contribution >= 0.6 is 11.3 Å². The maximum Gasteiger partial charge on any atom is 0.177 e. The zero-order chi connectivity index (χ0) is 12.3. The maximum atomic E-state index is 11.8. The van der Waals surface area contributed by atoms with E-state index in [0.29, 0.717) is 16.5 Å². The highest BCUT2D eigenvalue weighted by Gasteiger charge is 2.17. The molecular weight excluding hydrogens is 220 g/mol. The summed E-state index contributed by atoms with van der Waals surface area (Å²) >= 11 is 1.45. The van der Waals surface area contributed by atoms with Crippen LogP contribution in [0.1, 0.15) is 37.4 Å². The summed E-state index contributed by atoms with van der Waals surface area (Å²) in [4.78, 5) is 12.5. The van der Waals surface area contributed by atoms with Crippen molar-refractivity contribution in [3.8, 4) is 0 Å². The Labute approximate surface area is 101 Å². The van der Waals surface area contributed by atoms with Gasteiger partial charge in [-0.25, -0.2) is 0 Å². The van der Waals surface area contributed by atoms with E-state index in [2.05, 4.69) is 19.2 Å². The highest BCUT2D eigenvalue weighted by atomic mass is 32.1. The molecule has 0 radical (unpaired) electrons. The van der Waals surface area contributed by atoms with E-state index in [1.165, 1.54) is 11.3 Å². The molecule has 0 unspecified atom stereocenters. The Morgan fingerprint density at radius 3 is 2.56 bits per heavy atom. The minimum Gasteiger partial charge on any atom is -0.397 e. The number of hydrogen-bond acceptors (Lipinski definition) is 4. The first-order valence-electron chi connectivity index (χ1n) is 5.59. The summed E-state index contributed by atoms with van der Waals surface area (Å²) in [6, 6.07) is 1.85. The molecule has 3 N–H and O–H groups in total. The van der Waals surface area contributed by atoms with Gasteiger partial charge in [0.1, 0.15) is 0 Å². The summed E-state index contributed by atoms with van der Waals surface area (Å²) in [7, 11) is 0. The molecule has 90 valence electrons. The average molecular weight is 240 g/mol. The smallest absolute Gasteiger partial charge is 0.177 e. The number of nitrogen functional groups attached to an aromatic ring is 1. The summed E-state index contributed by atoms with van der Waals surface area (Å²) in [5.41, 5.74) is 6.43. The van der Waals surface area contributed by atoms with Gasteiger partial charge in [-0.15, -0.1) is 11.3 Å². The van der Waals surface area contributed by atoms with Crippen molar-refractivity contribution in [1.82, 2.24) is 0 Å². The lowest BCUT2D eigenvalue weighted by Crippen LogP contribution is -2.07. The number of nitrogens with one attached hydrogen (secondary N) is 1. The second-order valence-corrected chi connectivity index (χ2v) is 5.74. The Kier molecular flexibility index (Phi) is 4.35. The quantitative estimate of drug-likeness (QED) is 0.777. The Morgan fingerprint density at radius 1 is 1.44 bits per heavy atom. The topological polar surface area (TPSA) is 55.1 Å². The van der Waals surface area contributed by atoms with Crippen LogP contribution in [0.15, 0.2) is 6.07 Å². The molecule has 0 aliphatic rings. The third-order valence-electron chi connectivity index (χ3n) is 2.19. The summed E-state index contributed by atoms with van der Waals surface area (Å²) in [5.74, 6) is 0.701. The second-order valence-electron chi connectivity index (χ2n) is 4.69. The Morgan fingerprint density at radius 2 is 2.06 bits per heavy atom. The molecule has 0 fully saturated rings. The number of ketones is 1. The minimum absolute atomic E-state index is 0.00102. The van der Waals surface area contributed by atoms with Crippen LogP contribution in [0.25, 0.3) is 0 Å². The molecule has 0 aliphatic carbocycles. The van der Waals surface area contributed by atoms with Crippen molar-refractivity contribution in [2.24, 2.45) is 11.8 Å². The monoisotopic (exact) mass is 240 g/mol. The van der Waals surface area contributed by atoms with Gasteiger partial charge in [0.05, 0.1) is 15.6 Å². The van der Waals surface area contributed by atoms with Gasteiger partial charge in [0.2, 0.25) is 0 Å². The van der Waals surface area contributed by atoms with Crippen molar-refractivity contribution < 1.29 is 4.79 Å². The standard InChI is InChI=1S/C12H20N2OS/c1-7(2)6-14-10-5-9(13)12(16-10)11(15)8(3)4/h5,7-8,14H,6,13H2,1-4H3. The fourth-order valence-electron chi connectivity index (χ4n) is 1.25. The zero-order valence-corrected chi connectivity index (χ0v) is 11.1. The number of nitrogens with two attached hydrogens (primary N) is 1. The molecule has 0 bridgehead atoms. The highest BCUT2D eigenvalue weighted by molar-refractivity contribution is 7.18. The zero-order valence-electron chi connectivity index (χ0n) is 10.3. The lowest BCUT2D eigenvalue weighted by atomic mass is 10.1. The third kappa shape index (κ3) is 3.23. The lowest BCUT2D eigenvalue weighted by molar-refractivity contribution is 0.0944. The first-order valence-corrected chi connectivity index (χ1v) is 6.40. The molecule has 1 aromatic heterocycles. The van der Waals surface area contributed by atoms with Gasteiger partial charge in [-0.1, -0.05) is 27.7 Å². The normalized spacial score (nSPS) is 11.1. The highest BCUT2D eigenvalue weighted by Crippen LogP contribution is 2.31. The van der Waals surface area contributed by atoms with Crippen molar-refractivity contribution in [3.05, 3.63) is 10.9 Å². The summed E-state index contributed by atoms with van der Waals surface area (Å²) in [6.45, 7) is 8.97. The number of anilines is 2. The summed E-state index contributed by atoms with van der Waals surface area (Å²) in [6.07, 6.45) is 0. The van der Waals surface area contributed by atoms with Crippen LogP contribution in [0, 0.1) is 11.8 Å². The lowest BCUT2D eigenvalue weighted by Gasteiger charge is -2.05. The Hall–Kier alpha value is -1.03. The first-order chi connectivity index (χ1) is 7.41. The maximum absolute atomic E-state index is 11.8. The van der Waals surface area contributed by atoms with E-state index in [4.69, 9.17) is 5.73 Å².